The molecular formula is C12H17N2OP. The predicted molar refractivity (Wildman–Crippen MR) is 66.0 cm³/mol. The fourth-order valence-electron chi connectivity index (χ4n) is 2.75. The van der Waals surface area contributed by atoms with Crippen LogP contribution in [0, 0.1) is 0 Å². The summed E-state index contributed by atoms with van der Waals surface area (Å²) in [6.07, 6.45) is 3.64. The first-order valence-electron chi connectivity index (χ1n) is 5.98. The molecule has 3 nitrogen and oxygen atoms in total. The molecular weight excluding hydrogens is 219 g/mol. The summed E-state index contributed by atoms with van der Waals surface area (Å²) in [5.74, 6) is 0. The molecule has 0 radical (unpaired) electrons. The SMILES string of the molecule is O=P1(c2ccccc2)NCC2CCCCN21. The van der Waals surface area contributed by atoms with Crippen molar-refractivity contribution in [1.29, 1.82) is 0 Å². The quantitative estimate of drug-likeness (QED) is 0.756. The molecule has 0 aromatic heterocycles. The van der Waals surface area contributed by atoms with Gasteiger partial charge in [-0.05, 0) is 25.0 Å². The second-order valence-electron chi connectivity index (χ2n) is 4.59. The molecule has 0 amide bonds. The summed E-state index contributed by atoms with van der Waals surface area (Å²) in [5.41, 5.74) is 0. The van der Waals surface area contributed by atoms with E-state index in [0.717, 1.165) is 18.4 Å². The number of nitrogens with one attached hydrogen (secondary N) is 1. The number of nitrogens with zero attached hydrogens (tertiary/aromatic N) is 1. The van der Waals surface area contributed by atoms with Crippen molar-refractivity contribution in [2.75, 3.05) is 13.1 Å². The highest BCUT2D eigenvalue weighted by Gasteiger charge is 2.43. The van der Waals surface area contributed by atoms with Crippen LogP contribution < -0.4 is 10.4 Å². The van der Waals surface area contributed by atoms with Crippen molar-refractivity contribution >= 4 is 12.7 Å². The molecule has 2 saturated heterocycles. The molecule has 1 aromatic carbocycles. The van der Waals surface area contributed by atoms with E-state index in [9.17, 15) is 4.57 Å². The molecule has 2 aliphatic rings. The van der Waals surface area contributed by atoms with Crippen molar-refractivity contribution in [3.8, 4) is 0 Å². The van der Waals surface area contributed by atoms with Gasteiger partial charge in [0.05, 0.1) is 0 Å². The van der Waals surface area contributed by atoms with Crippen LogP contribution in [-0.4, -0.2) is 23.8 Å². The van der Waals surface area contributed by atoms with E-state index in [2.05, 4.69) is 9.76 Å². The molecule has 1 aromatic rings. The number of hydrogen-bond donors (Lipinski definition) is 1. The molecule has 2 heterocycles. The molecule has 0 saturated carbocycles. The van der Waals surface area contributed by atoms with Crippen LogP contribution in [0.15, 0.2) is 30.3 Å². The molecule has 2 aliphatic heterocycles. The van der Waals surface area contributed by atoms with Gasteiger partial charge in [-0.2, -0.15) is 0 Å². The first kappa shape index (κ1) is 10.5. The fraction of sp³-hybridized carbons (Fsp3) is 0.500. The van der Waals surface area contributed by atoms with Crippen molar-refractivity contribution in [2.24, 2.45) is 0 Å². The zero-order valence-electron chi connectivity index (χ0n) is 9.30. The lowest BCUT2D eigenvalue weighted by atomic mass is 10.1. The summed E-state index contributed by atoms with van der Waals surface area (Å²) < 4.78 is 15.2. The van der Waals surface area contributed by atoms with Gasteiger partial charge < -0.3 is 0 Å². The van der Waals surface area contributed by atoms with Crippen molar-refractivity contribution in [2.45, 2.75) is 25.3 Å². The maximum Gasteiger partial charge on any atom is 0.243 e. The highest BCUT2D eigenvalue weighted by molar-refractivity contribution is 7.67. The van der Waals surface area contributed by atoms with Gasteiger partial charge in [0, 0.05) is 24.4 Å². The lowest BCUT2D eigenvalue weighted by molar-refractivity contribution is 0.281. The Kier molecular flexibility index (Phi) is 2.62. The normalized spacial score (nSPS) is 34.9. The standard InChI is InChI=1S/C12H17N2OP/c15-16(12-7-2-1-3-8-12)13-10-11-6-4-5-9-14(11)16/h1-3,7-8,11H,4-6,9-10H2,(H,13,15). The molecule has 4 heteroatoms. The summed E-state index contributed by atoms with van der Waals surface area (Å²) in [6.45, 7) is 1.86. The molecule has 16 heavy (non-hydrogen) atoms. The average Bonchev–Trinajstić information content (AvgIpc) is 2.71. The van der Waals surface area contributed by atoms with Crippen molar-refractivity contribution in [3.63, 3.8) is 0 Å². The number of piperidine rings is 1. The topological polar surface area (TPSA) is 32.3 Å². The van der Waals surface area contributed by atoms with E-state index in [-0.39, 0.29) is 0 Å². The summed E-state index contributed by atoms with van der Waals surface area (Å²) in [4.78, 5) is 0. The van der Waals surface area contributed by atoms with Crippen LogP contribution in [0.2, 0.25) is 0 Å². The zero-order chi connectivity index (χ0) is 11.0. The third-order valence-corrected chi connectivity index (χ3v) is 6.46. The van der Waals surface area contributed by atoms with Crippen molar-refractivity contribution in [1.82, 2.24) is 9.76 Å². The Morgan fingerprint density at radius 1 is 1.25 bits per heavy atom. The fourth-order valence-corrected chi connectivity index (χ4v) is 5.53. The Hall–Kier alpha value is -0.630. The number of rotatable bonds is 1. The van der Waals surface area contributed by atoms with E-state index in [4.69, 9.17) is 0 Å². The van der Waals surface area contributed by atoms with Crippen LogP contribution in [0.5, 0.6) is 0 Å². The largest absolute Gasteiger partial charge is 0.284 e. The molecule has 0 aliphatic carbocycles. The molecule has 2 unspecified atom stereocenters. The van der Waals surface area contributed by atoms with E-state index in [1.807, 2.05) is 30.3 Å². The summed E-state index contributed by atoms with van der Waals surface area (Å²) >= 11 is 0. The smallest absolute Gasteiger partial charge is 0.243 e. The van der Waals surface area contributed by atoms with E-state index < -0.39 is 7.44 Å². The lowest BCUT2D eigenvalue weighted by Crippen LogP contribution is -2.35. The van der Waals surface area contributed by atoms with Gasteiger partial charge in [0.15, 0.2) is 0 Å². The molecule has 1 N–H and O–H groups in total. The maximum atomic E-state index is 13.0. The van der Waals surface area contributed by atoms with E-state index in [0.29, 0.717) is 6.04 Å². The minimum Gasteiger partial charge on any atom is -0.284 e. The Labute approximate surface area is 96.3 Å². The predicted octanol–water partition coefficient (Wildman–Crippen LogP) is 1.96. The van der Waals surface area contributed by atoms with Crippen molar-refractivity contribution in [3.05, 3.63) is 30.3 Å². The van der Waals surface area contributed by atoms with Gasteiger partial charge in [0.25, 0.3) is 0 Å². The second-order valence-corrected chi connectivity index (χ2v) is 7.08. The van der Waals surface area contributed by atoms with E-state index >= 15 is 0 Å². The first-order chi connectivity index (χ1) is 7.81. The van der Waals surface area contributed by atoms with Crippen LogP contribution in [0.1, 0.15) is 19.3 Å². The maximum absolute atomic E-state index is 13.0. The first-order valence-corrected chi connectivity index (χ1v) is 7.64. The Morgan fingerprint density at radius 2 is 2.06 bits per heavy atom. The Morgan fingerprint density at radius 3 is 2.88 bits per heavy atom. The second kappa shape index (κ2) is 3.99. The van der Waals surface area contributed by atoms with Gasteiger partial charge in [0.2, 0.25) is 7.44 Å². The van der Waals surface area contributed by atoms with Gasteiger partial charge in [-0.25, -0.2) is 9.76 Å². The minimum atomic E-state index is -2.47. The van der Waals surface area contributed by atoms with Crippen LogP contribution in [0.25, 0.3) is 0 Å². The number of benzene rings is 1. The molecule has 2 fully saturated rings. The Bertz CT molecular complexity index is 420. The molecule has 0 spiro atoms. The zero-order valence-corrected chi connectivity index (χ0v) is 10.2. The number of hydrogen-bond acceptors (Lipinski definition) is 1. The lowest BCUT2D eigenvalue weighted by Gasteiger charge is -2.32. The van der Waals surface area contributed by atoms with Crippen LogP contribution in [0.4, 0.5) is 0 Å². The Balaban J connectivity index is 1.97. The molecule has 0 bridgehead atoms. The monoisotopic (exact) mass is 236 g/mol. The van der Waals surface area contributed by atoms with Gasteiger partial charge >= 0.3 is 0 Å². The van der Waals surface area contributed by atoms with Gasteiger partial charge in [0.1, 0.15) is 0 Å². The highest BCUT2D eigenvalue weighted by Crippen LogP contribution is 2.51. The van der Waals surface area contributed by atoms with Crippen LogP contribution in [0.3, 0.4) is 0 Å². The average molecular weight is 236 g/mol. The van der Waals surface area contributed by atoms with E-state index in [1.54, 1.807) is 0 Å². The molecule has 3 rings (SSSR count). The third kappa shape index (κ3) is 1.55. The van der Waals surface area contributed by atoms with Crippen molar-refractivity contribution < 1.29 is 4.57 Å². The van der Waals surface area contributed by atoms with Gasteiger partial charge in [-0.15, -0.1) is 0 Å². The summed E-state index contributed by atoms with van der Waals surface area (Å²) in [5, 5.41) is 4.23. The highest BCUT2D eigenvalue weighted by atomic mass is 31.2. The summed E-state index contributed by atoms with van der Waals surface area (Å²) in [6, 6.07) is 10.3. The molecule has 86 valence electrons. The number of fused-ring (bicyclic) bond motifs is 1. The summed E-state index contributed by atoms with van der Waals surface area (Å²) in [7, 11) is -2.47. The third-order valence-electron chi connectivity index (χ3n) is 3.61. The van der Waals surface area contributed by atoms with E-state index in [1.165, 1.54) is 19.3 Å². The molecule has 2 atom stereocenters. The van der Waals surface area contributed by atoms with Gasteiger partial charge in [-0.3, -0.25) is 4.57 Å². The van der Waals surface area contributed by atoms with Crippen LogP contribution in [-0.2, 0) is 4.57 Å². The minimum absolute atomic E-state index is 0.486. The van der Waals surface area contributed by atoms with Gasteiger partial charge in [-0.1, -0.05) is 24.6 Å². The van der Waals surface area contributed by atoms with Crippen LogP contribution >= 0.6 is 7.44 Å².